The van der Waals surface area contributed by atoms with Gasteiger partial charge < -0.3 is 15.7 Å². The minimum atomic E-state index is -3.23. The van der Waals surface area contributed by atoms with Crippen molar-refractivity contribution in [3.63, 3.8) is 0 Å². The Labute approximate surface area is 168 Å². The van der Waals surface area contributed by atoms with Gasteiger partial charge in [-0.2, -0.15) is 0 Å². The van der Waals surface area contributed by atoms with Gasteiger partial charge in [-0.05, 0) is 54.9 Å². The number of nitrogens with zero attached hydrogens (tertiary/aromatic N) is 1. The Hall–Kier alpha value is -1.67. The molecule has 8 heteroatoms. The Morgan fingerprint density at radius 1 is 1.18 bits per heavy atom. The molecule has 0 saturated carbocycles. The fourth-order valence-electron chi connectivity index (χ4n) is 3.12. The summed E-state index contributed by atoms with van der Waals surface area (Å²) in [5.74, 6) is 0.0218. The molecule has 0 bridgehead atoms. The van der Waals surface area contributed by atoms with E-state index < -0.39 is 15.7 Å². The monoisotopic (exact) mass is 415 g/mol. The summed E-state index contributed by atoms with van der Waals surface area (Å²) in [6.07, 6.45) is 3.72. The summed E-state index contributed by atoms with van der Waals surface area (Å²) in [5.41, 5.74) is 1.08. The van der Waals surface area contributed by atoms with Crippen LogP contribution in [-0.4, -0.2) is 45.4 Å². The smallest absolute Gasteiger partial charge is 0.191 e. The van der Waals surface area contributed by atoms with Crippen LogP contribution in [-0.2, 0) is 22.1 Å². The normalized spacial score (nSPS) is 12.9. The number of aliphatic hydroxyl groups is 1. The molecule has 0 aliphatic rings. The maximum Gasteiger partial charge on any atom is 0.191 e. The van der Waals surface area contributed by atoms with E-state index in [1.807, 2.05) is 6.92 Å². The number of halogens is 1. The SMILES string of the molecule is CCNC(=NCc1cc(F)ccc1CS(C)(=O)=O)NCC(CC)(CC)CCO. The summed E-state index contributed by atoms with van der Waals surface area (Å²) < 4.78 is 37.0. The maximum atomic E-state index is 13.7. The molecule has 1 aromatic carbocycles. The van der Waals surface area contributed by atoms with Crippen LogP contribution in [0.2, 0.25) is 0 Å². The van der Waals surface area contributed by atoms with E-state index in [0.717, 1.165) is 19.1 Å². The standard InChI is InChI=1S/C20H34FN3O3S/c1-5-20(6-2,10-11-25)15-24-19(22-7-3)23-13-17-12-18(21)9-8-16(17)14-28(4,26)27/h8-9,12,25H,5-7,10-11,13-15H2,1-4H3,(H2,22,23,24). The van der Waals surface area contributed by atoms with E-state index in [1.54, 1.807) is 0 Å². The topological polar surface area (TPSA) is 90.8 Å². The predicted molar refractivity (Wildman–Crippen MR) is 112 cm³/mol. The molecule has 0 heterocycles. The molecule has 0 atom stereocenters. The number of aliphatic hydroxyl groups excluding tert-OH is 1. The van der Waals surface area contributed by atoms with E-state index >= 15 is 0 Å². The summed E-state index contributed by atoms with van der Waals surface area (Å²) in [5, 5.41) is 15.9. The van der Waals surface area contributed by atoms with Crippen molar-refractivity contribution in [2.75, 3.05) is 26.0 Å². The number of guanidine groups is 1. The highest BCUT2D eigenvalue weighted by atomic mass is 32.2. The van der Waals surface area contributed by atoms with Gasteiger partial charge in [-0.1, -0.05) is 19.9 Å². The lowest BCUT2D eigenvalue weighted by atomic mass is 9.79. The van der Waals surface area contributed by atoms with Crippen molar-refractivity contribution in [3.8, 4) is 0 Å². The molecule has 6 nitrogen and oxygen atoms in total. The molecule has 0 fully saturated rings. The summed E-state index contributed by atoms with van der Waals surface area (Å²) in [6.45, 7) is 7.79. The number of benzene rings is 1. The summed E-state index contributed by atoms with van der Waals surface area (Å²) in [7, 11) is -3.23. The number of nitrogens with one attached hydrogen (secondary N) is 2. The van der Waals surface area contributed by atoms with Crippen LogP contribution in [0.1, 0.15) is 51.2 Å². The molecule has 28 heavy (non-hydrogen) atoms. The van der Waals surface area contributed by atoms with Crippen LogP contribution in [0.4, 0.5) is 4.39 Å². The van der Waals surface area contributed by atoms with E-state index in [0.29, 0.717) is 36.6 Å². The first-order valence-corrected chi connectivity index (χ1v) is 11.8. The average Bonchev–Trinajstić information content (AvgIpc) is 2.63. The van der Waals surface area contributed by atoms with Crippen molar-refractivity contribution in [2.24, 2.45) is 10.4 Å². The molecule has 0 aliphatic heterocycles. The van der Waals surface area contributed by atoms with Gasteiger partial charge in [0, 0.05) is 26.0 Å². The van der Waals surface area contributed by atoms with Crippen molar-refractivity contribution in [1.82, 2.24) is 10.6 Å². The quantitative estimate of drug-likeness (QED) is 0.382. The highest BCUT2D eigenvalue weighted by Gasteiger charge is 2.25. The van der Waals surface area contributed by atoms with Crippen molar-refractivity contribution in [3.05, 3.63) is 35.1 Å². The van der Waals surface area contributed by atoms with Crippen molar-refractivity contribution >= 4 is 15.8 Å². The maximum absolute atomic E-state index is 13.7. The molecule has 0 aromatic heterocycles. The lowest BCUT2D eigenvalue weighted by Gasteiger charge is -2.32. The van der Waals surface area contributed by atoms with Gasteiger partial charge in [0.05, 0.1) is 12.3 Å². The molecule has 1 rings (SSSR count). The zero-order chi connectivity index (χ0) is 21.2. The molecule has 0 aliphatic carbocycles. The van der Waals surface area contributed by atoms with E-state index in [2.05, 4.69) is 29.5 Å². The number of sulfone groups is 1. The third-order valence-corrected chi connectivity index (χ3v) is 5.95. The first-order chi connectivity index (χ1) is 13.2. The highest BCUT2D eigenvalue weighted by molar-refractivity contribution is 7.89. The van der Waals surface area contributed by atoms with Crippen LogP contribution in [0.5, 0.6) is 0 Å². The molecule has 0 spiro atoms. The Kier molecular flexibility index (Phi) is 9.89. The largest absolute Gasteiger partial charge is 0.396 e. The van der Waals surface area contributed by atoms with Gasteiger partial charge in [-0.3, -0.25) is 0 Å². The third kappa shape index (κ3) is 8.14. The van der Waals surface area contributed by atoms with Crippen molar-refractivity contribution in [1.29, 1.82) is 0 Å². The molecule has 0 saturated heterocycles. The number of aliphatic imine (C=N–C) groups is 1. The van der Waals surface area contributed by atoms with Gasteiger partial charge in [0.1, 0.15) is 5.82 Å². The van der Waals surface area contributed by atoms with Gasteiger partial charge in [-0.15, -0.1) is 0 Å². The number of rotatable bonds is 11. The van der Waals surface area contributed by atoms with Crippen LogP contribution in [0.15, 0.2) is 23.2 Å². The highest BCUT2D eigenvalue weighted by Crippen LogP contribution is 2.29. The van der Waals surface area contributed by atoms with Gasteiger partial charge in [0.25, 0.3) is 0 Å². The fourth-order valence-corrected chi connectivity index (χ4v) is 3.97. The number of hydrogen-bond acceptors (Lipinski definition) is 4. The predicted octanol–water partition coefficient (Wildman–Crippen LogP) is 2.61. The zero-order valence-electron chi connectivity index (χ0n) is 17.4. The van der Waals surface area contributed by atoms with Crippen LogP contribution in [0.25, 0.3) is 0 Å². The third-order valence-electron chi connectivity index (χ3n) is 5.11. The van der Waals surface area contributed by atoms with E-state index in [1.165, 1.54) is 18.2 Å². The Morgan fingerprint density at radius 2 is 1.86 bits per heavy atom. The lowest BCUT2D eigenvalue weighted by Crippen LogP contribution is -2.43. The molecule has 160 valence electrons. The fraction of sp³-hybridized carbons (Fsp3) is 0.650. The van der Waals surface area contributed by atoms with Crippen molar-refractivity contribution in [2.45, 2.75) is 52.3 Å². The minimum Gasteiger partial charge on any atom is -0.396 e. The Balaban J connectivity index is 3.00. The summed E-state index contributed by atoms with van der Waals surface area (Å²) in [4.78, 5) is 4.52. The second kappa shape index (κ2) is 11.4. The minimum absolute atomic E-state index is 0.0226. The van der Waals surface area contributed by atoms with Gasteiger partial charge >= 0.3 is 0 Å². The molecular weight excluding hydrogens is 381 g/mol. The van der Waals surface area contributed by atoms with Crippen LogP contribution in [0, 0.1) is 11.2 Å². The molecular formula is C20H34FN3O3S. The van der Waals surface area contributed by atoms with Gasteiger partial charge in [0.2, 0.25) is 0 Å². The molecule has 0 radical (unpaired) electrons. The van der Waals surface area contributed by atoms with E-state index in [9.17, 15) is 17.9 Å². The van der Waals surface area contributed by atoms with Crippen LogP contribution in [0.3, 0.4) is 0 Å². The lowest BCUT2D eigenvalue weighted by molar-refractivity contribution is 0.169. The van der Waals surface area contributed by atoms with Crippen molar-refractivity contribution < 1.29 is 17.9 Å². The van der Waals surface area contributed by atoms with Crippen LogP contribution >= 0.6 is 0 Å². The molecule has 0 unspecified atom stereocenters. The summed E-state index contributed by atoms with van der Waals surface area (Å²) >= 11 is 0. The molecule has 3 N–H and O–H groups in total. The van der Waals surface area contributed by atoms with Gasteiger partial charge in [0.15, 0.2) is 15.8 Å². The average molecular weight is 416 g/mol. The molecule has 0 amide bonds. The first kappa shape index (κ1) is 24.4. The molecule has 1 aromatic rings. The van der Waals surface area contributed by atoms with E-state index in [4.69, 9.17) is 0 Å². The van der Waals surface area contributed by atoms with Gasteiger partial charge in [-0.25, -0.2) is 17.8 Å². The second-order valence-electron chi connectivity index (χ2n) is 7.21. The first-order valence-electron chi connectivity index (χ1n) is 9.76. The summed E-state index contributed by atoms with van der Waals surface area (Å²) in [6, 6.07) is 4.10. The van der Waals surface area contributed by atoms with Crippen LogP contribution < -0.4 is 10.6 Å². The zero-order valence-corrected chi connectivity index (χ0v) is 18.2. The van der Waals surface area contributed by atoms with E-state index in [-0.39, 0.29) is 24.3 Å². The number of hydrogen-bond donors (Lipinski definition) is 3. The second-order valence-corrected chi connectivity index (χ2v) is 9.35. The Bertz CT molecular complexity index is 747. The Morgan fingerprint density at radius 3 is 2.39 bits per heavy atom.